The van der Waals surface area contributed by atoms with Crippen molar-refractivity contribution in [2.75, 3.05) is 9.80 Å². The number of hydrogen-bond donors (Lipinski definition) is 0. The lowest BCUT2D eigenvalue weighted by Crippen LogP contribution is -2.28. The van der Waals surface area contributed by atoms with Gasteiger partial charge in [0.2, 0.25) is 0 Å². The molecule has 296 valence electrons. The molecule has 0 fully saturated rings. The van der Waals surface area contributed by atoms with Crippen LogP contribution in [0, 0.1) is 5.92 Å². The van der Waals surface area contributed by atoms with E-state index < -0.39 is 0 Å². The maximum atomic E-state index is 5.39. The van der Waals surface area contributed by atoms with E-state index in [0.717, 1.165) is 74.3 Å². The van der Waals surface area contributed by atoms with E-state index in [1.54, 1.807) is 0 Å². The number of aliphatic imine (C=N–C) groups is 2. The average Bonchev–Trinajstić information content (AvgIpc) is 3.61. The summed E-state index contributed by atoms with van der Waals surface area (Å²) < 4.78 is 0. The summed E-state index contributed by atoms with van der Waals surface area (Å²) in [6, 6.07) is 73.8. The number of para-hydroxylation sites is 4. The Morgan fingerprint density at radius 3 is 1.73 bits per heavy atom. The Bertz CT molecular complexity index is 3050. The highest BCUT2D eigenvalue weighted by Crippen LogP contribution is 2.48. The Kier molecular flexibility index (Phi) is 9.59. The maximum absolute atomic E-state index is 5.39. The van der Waals surface area contributed by atoms with E-state index >= 15 is 0 Å². The summed E-state index contributed by atoms with van der Waals surface area (Å²) in [7, 11) is 0. The quantitative estimate of drug-likeness (QED) is 0.161. The summed E-state index contributed by atoms with van der Waals surface area (Å²) in [6.07, 6.45) is 7.81. The Morgan fingerprint density at radius 2 is 1.00 bits per heavy atom. The second-order valence-electron chi connectivity index (χ2n) is 16.0. The second kappa shape index (κ2) is 16.0. The van der Waals surface area contributed by atoms with Gasteiger partial charge in [0.1, 0.15) is 0 Å². The van der Waals surface area contributed by atoms with E-state index in [1.807, 2.05) is 6.07 Å². The zero-order valence-electron chi connectivity index (χ0n) is 34.5. The molecule has 4 nitrogen and oxygen atoms in total. The molecule has 2 unspecified atom stereocenters. The third-order valence-electron chi connectivity index (χ3n) is 12.4. The molecular weight excluding hydrogens is 753 g/mol. The molecule has 3 heterocycles. The van der Waals surface area contributed by atoms with Crippen molar-refractivity contribution in [2.24, 2.45) is 15.9 Å². The van der Waals surface area contributed by atoms with Crippen LogP contribution in [0.25, 0.3) is 23.8 Å². The van der Waals surface area contributed by atoms with Crippen molar-refractivity contribution in [3.05, 3.63) is 251 Å². The van der Waals surface area contributed by atoms with Gasteiger partial charge in [-0.15, -0.1) is 0 Å². The number of fused-ring (bicyclic) bond motifs is 4. The third kappa shape index (κ3) is 6.67. The third-order valence-corrected chi connectivity index (χ3v) is 12.4. The van der Waals surface area contributed by atoms with Gasteiger partial charge in [-0.25, -0.2) is 4.99 Å². The molecule has 0 N–H and O–H groups in total. The summed E-state index contributed by atoms with van der Waals surface area (Å²) in [6.45, 7) is 2.25. The Morgan fingerprint density at radius 1 is 0.452 bits per heavy atom. The van der Waals surface area contributed by atoms with Crippen molar-refractivity contribution in [1.82, 2.24) is 0 Å². The van der Waals surface area contributed by atoms with Crippen molar-refractivity contribution in [3.63, 3.8) is 0 Å². The fourth-order valence-electron chi connectivity index (χ4n) is 9.40. The molecule has 0 radical (unpaired) electrons. The van der Waals surface area contributed by atoms with Gasteiger partial charge in [0.15, 0.2) is 5.84 Å². The molecule has 62 heavy (non-hydrogen) atoms. The first-order valence-corrected chi connectivity index (χ1v) is 21.6. The lowest BCUT2D eigenvalue weighted by molar-refractivity contribution is 0.532. The Hall–Kier alpha value is -7.82. The number of anilines is 6. The fraction of sp³-hybridized carbons (Fsp3) is 0.0690. The van der Waals surface area contributed by atoms with Crippen LogP contribution in [-0.2, 0) is 0 Å². The van der Waals surface area contributed by atoms with Crippen LogP contribution in [0.4, 0.5) is 34.1 Å². The second-order valence-corrected chi connectivity index (χ2v) is 16.0. The normalized spacial score (nSPS) is 16.4. The summed E-state index contributed by atoms with van der Waals surface area (Å²) in [4.78, 5) is 15.4. The van der Waals surface area contributed by atoms with Crippen molar-refractivity contribution in [2.45, 2.75) is 19.4 Å². The minimum atomic E-state index is -0.0800. The number of amidine groups is 1. The van der Waals surface area contributed by atoms with Gasteiger partial charge in [-0.3, -0.25) is 4.99 Å². The monoisotopic (exact) mass is 796 g/mol. The average molecular weight is 797 g/mol. The van der Waals surface area contributed by atoms with E-state index in [9.17, 15) is 0 Å². The van der Waals surface area contributed by atoms with Crippen LogP contribution in [0.2, 0.25) is 0 Å². The molecule has 8 aromatic rings. The molecule has 0 amide bonds. The summed E-state index contributed by atoms with van der Waals surface area (Å²) in [5, 5.41) is 0. The molecule has 0 saturated carbocycles. The van der Waals surface area contributed by atoms with E-state index in [1.165, 1.54) is 27.8 Å². The van der Waals surface area contributed by atoms with Gasteiger partial charge >= 0.3 is 0 Å². The predicted octanol–water partition coefficient (Wildman–Crippen LogP) is 15.0. The predicted molar refractivity (Wildman–Crippen MR) is 261 cm³/mol. The molecule has 0 spiro atoms. The topological polar surface area (TPSA) is 31.2 Å². The van der Waals surface area contributed by atoms with Gasteiger partial charge in [0.05, 0.1) is 34.5 Å². The van der Waals surface area contributed by atoms with Gasteiger partial charge < -0.3 is 9.80 Å². The first-order valence-electron chi connectivity index (χ1n) is 21.6. The molecule has 0 bridgehead atoms. The van der Waals surface area contributed by atoms with Gasteiger partial charge in [0, 0.05) is 28.4 Å². The molecule has 0 saturated heterocycles. The highest BCUT2D eigenvalue weighted by atomic mass is 15.2. The lowest BCUT2D eigenvalue weighted by atomic mass is 9.83. The molecule has 0 aliphatic carbocycles. The van der Waals surface area contributed by atoms with E-state index in [0.29, 0.717) is 0 Å². The Labute approximate surface area is 363 Å². The minimum Gasteiger partial charge on any atom is -0.309 e. The summed E-state index contributed by atoms with van der Waals surface area (Å²) >= 11 is 0. The highest BCUT2D eigenvalue weighted by Gasteiger charge is 2.32. The highest BCUT2D eigenvalue weighted by molar-refractivity contribution is 6.15. The van der Waals surface area contributed by atoms with Crippen LogP contribution in [0.1, 0.15) is 63.9 Å². The molecule has 11 rings (SSSR count). The molecule has 8 aromatic carbocycles. The molecule has 0 aromatic heterocycles. The van der Waals surface area contributed by atoms with Gasteiger partial charge in [0.25, 0.3) is 0 Å². The summed E-state index contributed by atoms with van der Waals surface area (Å²) in [5.74, 6) is 0.913. The van der Waals surface area contributed by atoms with Gasteiger partial charge in [-0.2, -0.15) is 0 Å². The largest absolute Gasteiger partial charge is 0.309 e. The first-order chi connectivity index (χ1) is 30.7. The van der Waals surface area contributed by atoms with Crippen LogP contribution < -0.4 is 9.80 Å². The smallest absolute Gasteiger partial charge is 0.155 e. The minimum absolute atomic E-state index is 0.0800. The first kappa shape index (κ1) is 37.2. The van der Waals surface area contributed by atoms with Crippen LogP contribution in [0.5, 0.6) is 0 Å². The van der Waals surface area contributed by atoms with E-state index in [2.05, 4.69) is 235 Å². The van der Waals surface area contributed by atoms with E-state index in [4.69, 9.17) is 9.98 Å². The van der Waals surface area contributed by atoms with Gasteiger partial charge in [-0.1, -0.05) is 171 Å². The van der Waals surface area contributed by atoms with Crippen LogP contribution in [0.15, 0.2) is 216 Å². The molecule has 3 aliphatic rings. The number of nitrogens with zero attached hydrogens (tertiary/aromatic N) is 4. The fourth-order valence-corrected chi connectivity index (χ4v) is 9.40. The van der Waals surface area contributed by atoms with Crippen molar-refractivity contribution < 1.29 is 0 Å². The molecule has 3 aliphatic heterocycles. The zero-order valence-corrected chi connectivity index (χ0v) is 34.5. The van der Waals surface area contributed by atoms with E-state index in [-0.39, 0.29) is 12.0 Å². The van der Waals surface area contributed by atoms with Crippen molar-refractivity contribution in [3.8, 4) is 0 Å². The number of benzene rings is 8. The molecule has 2 atom stereocenters. The SMILES string of the molecule is CCC1C(c2ccccc2)=NC(c2ccccc2)=NC1c1ccc(N2c3ccccc3C=Cc3cc(C4=Cc5ccccc5N(c5ccccc5)c5ccccc54)ccc32)cc1. The zero-order chi connectivity index (χ0) is 41.4. The maximum Gasteiger partial charge on any atom is 0.155 e. The van der Waals surface area contributed by atoms with Gasteiger partial charge in [-0.05, 0) is 106 Å². The summed E-state index contributed by atoms with van der Waals surface area (Å²) in [5.41, 5.74) is 18.3. The molecule has 4 heteroatoms. The lowest BCUT2D eigenvalue weighted by Gasteiger charge is -2.31. The van der Waals surface area contributed by atoms with Crippen LogP contribution >= 0.6 is 0 Å². The van der Waals surface area contributed by atoms with Crippen molar-refractivity contribution in [1.29, 1.82) is 0 Å². The van der Waals surface area contributed by atoms with Crippen molar-refractivity contribution >= 4 is 69.5 Å². The standard InChI is InChI=1S/C58H44N4/c1-2-49-56(41-19-6-3-7-20-41)59-58(43-21-8-4-9-22-43)60-57(49)42-32-35-48(36-33-42)61-52-27-15-12-18-40(52)30-31-46-38-44(34-37-54(46)61)51-39-45-23-13-16-28-53(45)62(47-24-10-5-11-25-47)55-29-17-14-26-50(51)55/h3-39,49,57H,2H2,1H3. The van der Waals surface area contributed by atoms with Crippen LogP contribution in [0.3, 0.4) is 0 Å². The number of hydrogen-bond acceptors (Lipinski definition) is 4. The van der Waals surface area contributed by atoms with Crippen LogP contribution in [-0.4, -0.2) is 11.5 Å². The molecular formula is C58H44N4. The Balaban J connectivity index is 1.00. The number of rotatable bonds is 7.